The highest BCUT2D eigenvalue weighted by Crippen LogP contribution is 2.26. The summed E-state index contributed by atoms with van der Waals surface area (Å²) in [6.07, 6.45) is 1.50. The van der Waals surface area contributed by atoms with Crippen LogP contribution in [-0.2, 0) is 11.4 Å². The molecule has 150 valence electrons. The maximum Gasteiger partial charge on any atom is 0.266 e. The second-order valence-corrected chi connectivity index (χ2v) is 7.27. The van der Waals surface area contributed by atoms with Crippen molar-refractivity contribution >= 4 is 40.9 Å². The lowest BCUT2D eigenvalue weighted by molar-refractivity contribution is -0.112. The number of anilines is 1. The summed E-state index contributed by atoms with van der Waals surface area (Å²) in [5.74, 6) is 0.0145. The van der Waals surface area contributed by atoms with Gasteiger partial charge in [0.2, 0.25) is 0 Å². The van der Waals surface area contributed by atoms with Gasteiger partial charge in [-0.25, -0.2) is 0 Å². The fraction of sp³-hybridized carbons (Fsp3) is 0.0833. The van der Waals surface area contributed by atoms with Crippen LogP contribution < -0.4 is 10.1 Å². The number of nitrogens with one attached hydrogen (secondary N) is 1. The van der Waals surface area contributed by atoms with Crippen molar-refractivity contribution in [3.63, 3.8) is 0 Å². The molecule has 30 heavy (non-hydrogen) atoms. The van der Waals surface area contributed by atoms with E-state index in [4.69, 9.17) is 27.9 Å². The third-order valence-electron chi connectivity index (χ3n) is 4.44. The Morgan fingerprint density at radius 2 is 1.73 bits per heavy atom. The Morgan fingerprint density at radius 1 is 1.03 bits per heavy atom. The highest BCUT2D eigenvalue weighted by Gasteiger charge is 2.13. The summed E-state index contributed by atoms with van der Waals surface area (Å²) in [7, 11) is 0. The first-order chi connectivity index (χ1) is 14.5. The Hall–Kier alpha value is -3.26. The van der Waals surface area contributed by atoms with E-state index in [2.05, 4.69) is 5.32 Å². The highest BCUT2D eigenvalue weighted by molar-refractivity contribution is 6.32. The van der Waals surface area contributed by atoms with Gasteiger partial charge in [-0.3, -0.25) is 4.79 Å². The quantitative estimate of drug-likeness (QED) is 0.357. The van der Waals surface area contributed by atoms with E-state index < -0.39 is 5.91 Å². The Kier molecular flexibility index (Phi) is 7.13. The number of carbonyl (C=O) groups is 1. The maximum atomic E-state index is 12.6. The van der Waals surface area contributed by atoms with E-state index in [1.807, 2.05) is 36.4 Å². The lowest BCUT2D eigenvalue weighted by Gasteiger charge is -2.11. The number of carbonyl (C=O) groups excluding carboxylic acids is 1. The van der Waals surface area contributed by atoms with Gasteiger partial charge in [-0.15, -0.1) is 0 Å². The van der Waals surface area contributed by atoms with Crippen molar-refractivity contribution in [2.75, 3.05) is 5.32 Å². The molecular formula is C24H18Cl2N2O2. The van der Waals surface area contributed by atoms with Crippen LogP contribution in [0.4, 0.5) is 5.69 Å². The first-order valence-electron chi connectivity index (χ1n) is 9.13. The number of hydrogen-bond acceptors (Lipinski definition) is 3. The Balaban J connectivity index is 1.82. The van der Waals surface area contributed by atoms with E-state index in [0.717, 1.165) is 11.1 Å². The van der Waals surface area contributed by atoms with Crippen LogP contribution in [0, 0.1) is 18.3 Å². The molecule has 0 radical (unpaired) electrons. The van der Waals surface area contributed by atoms with Crippen molar-refractivity contribution in [2.45, 2.75) is 13.5 Å². The van der Waals surface area contributed by atoms with E-state index in [-0.39, 0.29) is 12.2 Å². The van der Waals surface area contributed by atoms with Gasteiger partial charge in [0.15, 0.2) is 0 Å². The first-order valence-corrected chi connectivity index (χ1v) is 9.88. The molecule has 0 fully saturated rings. The molecule has 3 aromatic carbocycles. The van der Waals surface area contributed by atoms with E-state index >= 15 is 0 Å². The summed E-state index contributed by atoms with van der Waals surface area (Å²) in [6.45, 7) is 2.06. The van der Waals surface area contributed by atoms with Crippen molar-refractivity contribution < 1.29 is 9.53 Å². The average molecular weight is 437 g/mol. The van der Waals surface area contributed by atoms with Gasteiger partial charge < -0.3 is 10.1 Å². The third-order valence-corrected chi connectivity index (χ3v) is 5.22. The van der Waals surface area contributed by atoms with Gasteiger partial charge in [0.1, 0.15) is 24.0 Å². The van der Waals surface area contributed by atoms with Crippen LogP contribution in [0.5, 0.6) is 5.75 Å². The molecular weight excluding hydrogens is 419 g/mol. The average Bonchev–Trinajstić information content (AvgIpc) is 2.75. The van der Waals surface area contributed by atoms with Gasteiger partial charge in [-0.2, -0.15) is 5.26 Å². The number of benzene rings is 3. The summed E-state index contributed by atoms with van der Waals surface area (Å²) in [5, 5.41) is 13.4. The van der Waals surface area contributed by atoms with Crippen LogP contribution in [0.2, 0.25) is 10.0 Å². The van der Waals surface area contributed by atoms with E-state index in [0.29, 0.717) is 27.0 Å². The molecule has 0 saturated heterocycles. The highest BCUT2D eigenvalue weighted by atomic mass is 35.5. The number of ether oxygens (including phenoxy) is 1. The zero-order valence-corrected chi connectivity index (χ0v) is 17.7. The first kappa shape index (κ1) is 21.4. The van der Waals surface area contributed by atoms with Crippen molar-refractivity contribution in [2.24, 2.45) is 0 Å². The smallest absolute Gasteiger partial charge is 0.266 e. The van der Waals surface area contributed by atoms with Gasteiger partial charge >= 0.3 is 0 Å². The molecule has 0 atom stereocenters. The number of amides is 1. The fourth-order valence-corrected chi connectivity index (χ4v) is 3.10. The monoisotopic (exact) mass is 436 g/mol. The summed E-state index contributed by atoms with van der Waals surface area (Å²) in [6, 6.07) is 21.7. The SMILES string of the molecule is Cc1c(Cl)cccc1NC(=O)/C(C#N)=C\c1ccccc1OCc1ccccc1Cl. The lowest BCUT2D eigenvalue weighted by Crippen LogP contribution is -2.14. The topological polar surface area (TPSA) is 62.1 Å². The molecule has 0 aliphatic heterocycles. The van der Waals surface area contributed by atoms with Gasteiger partial charge in [0.05, 0.1) is 0 Å². The number of nitrogens with zero attached hydrogens (tertiary/aromatic N) is 1. The van der Waals surface area contributed by atoms with Crippen molar-refractivity contribution in [3.8, 4) is 11.8 Å². The lowest BCUT2D eigenvalue weighted by atomic mass is 10.1. The Morgan fingerprint density at radius 3 is 2.50 bits per heavy atom. The fourth-order valence-electron chi connectivity index (χ4n) is 2.74. The molecule has 0 aromatic heterocycles. The summed E-state index contributed by atoms with van der Waals surface area (Å²) < 4.78 is 5.89. The number of hydrogen-bond donors (Lipinski definition) is 1. The molecule has 0 saturated carbocycles. The van der Waals surface area contributed by atoms with Crippen LogP contribution in [-0.4, -0.2) is 5.91 Å². The van der Waals surface area contributed by atoms with Crippen molar-refractivity contribution in [1.82, 2.24) is 0 Å². The molecule has 3 rings (SSSR count). The van der Waals surface area contributed by atoms with Crippen LogP contribution in [0.15, 0.2) is 72.3 Å². The number of halogens is 2. The van der Waals surface area contributed by atoms with Crippen molar-refractivity contribution in [1.29, 1.82) is 5.26 Å². The predicted molar refractivity (Wildman–Crippen MR) is 121 cm³/mol. The molecule has 0 spiro atoms. The summed E-state index contributed by atoms with van der Waals surface area (Å²) in [5.41, 5.74) is 2.68. The Labute approximate surface area is 185 Å². The predicted octanol–water partition coefficient (Wildman–Crippen LogP) is 6.43. The van der Waals surface area contributed by atoms with Crippen LogP contribution >= 0.6 is 23.2 Å². The second-order valence-electron chi connectivity index (χ2n) is 6.45. The van der Waals surface area contributed by atoms with Gasteiger partial charge in [0.25, 0.3) is 5.91 Å². The summed E-state index contributed by atoms with van der Waals surface area (Å²) >= 11 is 12.3. The molecule has 0 unspecified atom stereocenters. The molecule has 0 bridgehead atoms. The molecule has 0 aliphatic rings. The number of para-hydroxylation sites is 1. The molecule has 0 heterocycles. The van der Waals surface area contributed by atoms with Gasteiger partial charge in [0, 0.05) is 26.9 Å². The minimum atomic E-state index is -0.524. The number of nitriles is 1. The summed E-state index contributed by atoms with van der Waals surface area (Å²) in [4.78, 5) is 12.6. The van der Waals surface area contributed by atoms with Crippen LogP contribution in [0.3, 0.4) is 0 Å². The number of rotatable bonds is 6. The third kappa shape index (κ3) is 5.21. The standard InChI is InChI=1S/C24H18Cl2N2O2/c1-16-20(25)10-6-11-22(16)28-24(29)19(14-27)13-17-7-3-5-12-23(17)30-15-18-8-2-4-9-21(18)26/h2-13H,15H2,1H3,(H,28,29)/b19-13-. The molecule has 4 nitrogen and oxygen atoms in total. The van der Waals surface area contributed by atoms with Gasteiger partial charge in [-0.1, -0.05) is 65.7 Å². The minimum Gasteiger partial charge on any atom is -0.488 e. The van der Waals surface area contributed by atoms with Crippen LogP contribution in [0.1, 0.15) is 16.7 Å². The zero-order chi connectivity index (χ0) is 21.5. The molecule has 3 aromatic rings. The second kappa shape index (κ2) is 9.98. The van der Waals surface area contributed by atoms with E-state index in [1.54, 1.807) is 43.3 Å². The maximum absolute atomic E-state index is 12.6. The molecule has 1 amide bonds. The van der Waals surface area contributed by atoms with Gasteiger partial charge in [-0.05, 0) is 42.8 Å². The van der Waals surface area contributed by atoms with Crippen LogP contribution in [0.25, 0.3) is 6.08 Å². The van der Waals surface area contributed by atoms with E-state index in [1.165, 1.54) is 6.08 Å². The zero-order valence-electron chi connectivity index (χ0n) is 16.2. The normalized spacial score (nSPS) is 10.9. The molecule has 0 aliphatic carbocycles. The minimum absolute atomic E-state index is 0.0526. The van der Waals surface area contributed by atoms with Crippen molar-refractivity contribution in [3.05, 3.63) is 99.0 Å². The van der Waals surface area contributed by atoms with E-state index in [9.17, 15) is 10.1 Å². The Bertz CT molecular complexity index is 1150. The largest absolute Gasteiger partial charge is 0.488 e. The molecule has 6 heteroatoms. The molecule has 1 N–H and O–H groups in total.